The van der Waals surface area contributed by atoms with Crippen molar-refractivity contribution >= 4 is 17.5 Å². The van der Waals surface area contributed by atoms with Gasteiger partial charge in [0.1, 0.15) is 0 Å². The molecule has 0 atom stereocenters. The summed E-state index contributed by atoms with van der Waals surface area (Å²) in [7, 11) is 0. The molecule has 1 aliphatic heterocycles. The Labute approximate surface area is 160 Å². The van der Waals surface area contributed by atoms with E-state index in [0.29, 0.717) is 25.4 Å². The number of carbonyl (C=O) groups excluding carboxylic acids is 2. The molecule has 142 valence electrons. The quantitative estimate of drug-likeness (QED) is 0.817. The maximum atomic E-state index is 12.4. The van der Waals surface area contributed by atoms with Gasteiger partial charge in [0.15, 0.2) is 0 Å². The molecule has 2 N–H and O–H groups in total. The van der Waals surface area contributed by atoms with E-state index < -0.39 is 11.8 Å². The maximum absolute atomic E-state index is 12.4. The Morgan fingerprint density at radius 2 is 1.56 bits per heavy atom. The van der Waals surface area contributed by atoms with Crippen LogP contribution in [-0.2, 0) is 19.7 Å². The van der Waals surface area contributed by atoms with Gasteiger partial charge in [-0.15, -0.1) is 0 Å². The van der Waals surface area contributed by atoms with Crippen molar-refractivity contribution in [2.45, 2.75) is 32.1 Å². The van der Waals surface area contributed by atoms with Gasteiger partial charge in [0, 0.05) is 30.9 Å². The molecule has 1 saturated heterocycles. The first-order valence-corrected chi connectivity index (χ1v) is 9.30. The molecule has 0 bridgehead atoms. The lowest BCUT2D eigenvalue weighted by Crippen LogP contribution is -2.47. The fraction of sp³-hybridized carbons (Fsp3) is 0.364. The standard InChI is InChI=1S/C22H26N2O3/c1-16-7-6-8-17(2)19(16)24-21(26)20(25)23-15-22(11-13-27-14-12-22)18-9-4-3-5-10-18/h3-10H,11-15H2,1-2H3,(H,23,25)(H,24,26). The molecule has 5 heteroatoms. The Bertz CT molecular complexity index is 791. The smallest absolute Gasteiger partial charge is 0.313 e. The van der Waals surface area contributed by atoms with Crippen molar-refractivity contribution in [1.82, 2.24) is 5.32 Å². The number of aryl methyl sites for hydroxylation is 2. The lowest BCUT2D eigenvalue weighted by molar-refractivity contribution is -0.136. The number of benzene rings is 2. The van der Waals surface area contributed by atoms with E-state index in [1.165, 1.54) is 5.56 Å². The summed E-state index contributed by atoms with van der Waals surface area (Å²) in [5.41, 5.74) is 3.53. The predicted molar refractivity (Wildman–Crippen MR) is 106 cm³/mol. The van der Waals surface area contributed by atoms with Crippen LogP contribution < -0.4 is 10.6 Å². The molecule has 2 aromatic carbocycles. The van der Waals surface area contributed by atoms with Gasteiger partial charge in [-0.3, -0.25) is 9.59 Å². The molecule has 1 aliphatic rings. The monoisotopic (exact) mass is 366 g/mol. The number of hydrogen-bond donors (Lipinski definition) is 2. The zero-order valence-electron chi connectivity index (χ0n) is 15.9. The highest BCUT2D eigenvalue weighted by Crippen LogP contribution is 2.34. The second-order valence-electron chi connectivity index (χ2n) is 7.16. The third kappa shape index (κ3) is 4.37. The van der Waals surface area contributed by atoms with Crippen LogP contribution in [0.3, 0.4) is 0 Å². The van der Waals surface area contributed by atoms with E-state index >= 15 is 0 Å². The number of anilines is 1. The van der Waals surface area contributed by atoms with Crippen LogP contribution in [0, 0.1) is 13.8 Å². The molecular weight excluding hydrogens is 340 g/mol. The minimum Gasteiger partial charge on any atom is -0.381 e. The first-order chi connectivity index (χ1) is 13.0. The first kappa shape index (κ1) is 19.1. The molecule has 2 aromatic rings. The molecule has 0 saturated carbocycles. The van der Waals surface area contributed by atoms with Crippen molar-refractivity contribution in [3.8, 4) is 0 Å². The Kier molecular flexibility index (Phi) is 5.91. The molecular formula is C22H26N2O3. The summed E-state index contributed by atoms with van der Waals surface area (Å²) in [4.78, 5) is 24.8. The Morgan fingerprint density at radius 1 is 0.926 bits per heavy atom. The third-order valence-corrected chi connectivity index (χ3v) is 5.35. The fourth-order valence-electron chi connectivity index (χ4n) is 3.63. The number of para-hydroxylation sites is 1. The molecule has 0 aliphatic carbocycles. The Hall–Kier alpha value is -2.66. The number of ether oxygens (including phenoxy) is 1. The van der Waals surface area contributed by atoms with E-state index in [0.717, 1.165) is 24.0 Å². The van der Waals surface area contributed by atoms with E-state index in [1.54, 1.807) is 0 Å². The van der Waals surface area contributed by atoms with Crippen LogP contribution in [0.2, 0.25) is 0 Å². The minimum atomic E-state index is -0.636. The lowest BCUT2D eigenvalue weighted by atomic mass is 9.74. The number of carbonyl (C=O) groups is 2. The van der Waals surface area contributed by atoms with Crippen LogP contribution in [0.5, 0.6) is 0 Å². The molecule has 0 radical (unpaired) electrons. The molecule has 0 aromatic heterocycles. The first-order valence-electron chi connectivity index (χ1n) is 9.30. The summed E-state index contributed by atoms with van der Waals surface area (Å²) in [5.74, 6) is -1.25. The van der Waals surface area contributed by atoms with Gasteiger partial charge in [0.2, 0.25) is 0 Å². The van der Waals surface area contributed by atoms with Crippen LogP contribution in [0.15, 0.2) is 48.5 Å². The van der Waals surface area contributed by atoms with Gasteiger partial charge in [0.25, 0.3) is 0 Å². The molecule has 1 heterocycles. The summed E-state index contributed by atoms with van der Waals surface area (Å²) >= 11 is 0. The van der Waals surface area contributed by atoms with Crippen LogP contribution in [-0.4, -0.2) is 31.6 Å². The van der Waals surface area contributed by atoms with Gasteiger partial charge < -0.3 is 15.4 Å². The van der Waals surface area contributed by atoms with Gasteiger partial charge in [-0.25, -0.2) is 0 Å². The van der Waals surface area contributed by atoms with Crippen molar-refractivity contribution in [3.05, 3.63) is 65.2 Å². The average Bonchev–Trinajstić information content (AvgIpc) is 2.70. The van der Waals surface area contributed by atoms with E-state index in [-0.39, 0.29) is 5.41 Å². The lowest BCUT2D eigenvalue weighted by Gasteiger charge is -2.37. The number of amides is 2. The zero-order chi connectivity index (χ0) is 19.3. The minimum absolute atomic E-state index is 0.200. The molecule has 0 spiro atoms. The van der Waals surface area contributed by atoms with Gasteiger partial charge in [-0.2, -0.15) is 0 Å². The summed E-state index contributed by atoms with van der Waals surface area (Å²) in [6, 6.07) is 15.9. The molecule has 5 nitrogen and oxygen atoms in total. The predicted octanol–water partition coefficient (Wildman–Crippen LogP) is 3.11. The van der Waals surface area contributed by atoms with Crippen LogP contribution in [0.25, 0.3) is 0 Å². The summed E-state index contributed by atoms with van der Waals surface area (Å²) in [6.07, 6.45) is 1.63. The highest BCUT2D eigenvalue weighted by atomic mass is 16.5. The van der Waals surface area contributed by atoms with Crippen LogP contribution in [0.1, 0.15) is 29.5 Å². The van der Waals surface area contributed by atoms with Gasteiger partial charge >= 0.3 is 11.8 Å². The average molecular weight is 366 g/mol. The topological polar surface area (TPSA) is 67.4 Å². The molecule has 2 amide bonds. The third-order valence-electron chi connectivity index (χ3n) is 5.35. The maximum Gasteiger partial charge on any atom is 0.313 e. The second-order valence-corrected chi connectivity index (χ2v) is 7.16. The molecule has 3 rings (SSSR count). The Morgan fingerprint density at radius 3 is 2.19 bits per heavy atom. The van der Waals surface area contributed by atoms with Gasteiger partial charge in [-0.1, -0.05) is 48.5 Å². The van der Waals surface area contributed by atoms with E-state index in [2.05, 4.69) is 22.8 Å². The van der Waals surface area contributed by atoms with Crippen LogP contribution in [0.4, 0.5) is 5.69 Å². The van der Waals surface area contributed by atoms with Crippen molar-refractivity contribution in [2.24, 2.45) is 0 Å². The van der Waals surface area contributed by atoms with E-state index in [9.17, 15) is 9.59 Å². The van der Waals surface area contributed by atoms with Crippen molar-refractivity contribution in [2.75, 3.05) is 25.1 Å². The summed E-state index contributed by atoms with van der Waals surface area (Å²) in [6.45, 7) is 5.54. The SMILES string of the molecule is Cc1cccc(C)c1NC(=O)C(=O)NCC1(c2ccccc2)CCOCC1. The van der Waals surface area contributed by atoms with Crippen molar-refractivity contribution in [3.63, 3.8) is 0 Å². The number of rotatable bonds is 4. The van der Waals surface area contributed by atoms with Crippen molar-refractivity contribution in [1.29, 1.82) is 0 Å². The van der Waals surface area contributed by atoms with E-state index in [4.69, 9.17) is 4.74 Å². The molecule has 1 fully saturated rings. The fourth-order valence-corrected chi connectivity index (χ4v) is 3.63. The number of nitrogens with one attached hydrogen (secondary N) is 2. The van der Waals surface area contributed by atoms with Crippen LogP contribution >= 0.6 is 0 Å². The zero-order valence-corrected chi connectivity index (χ0v) is 15.9. The second kappa shape index (κ2) is 8.35. The van der Waals surface area contributed by atoms with Gasteiger partial charge in [0.05, 0.1) is 0 Å². The highest BCUT2D eigenvalue weighted by molar-refractivity contribution is 6.39. The summed E-state index contributed by atoms with van der Waals surface area (Å²) < 4.78 is 5.51. The largest absolute Gasteiger partial charge is 0.381 e. The molecule has 27 heavy (non-hydrogen) atoms. The number of hydrogen-bond acceptors (Lipinski definition) is 3. The Balaban J connectivity index is 1.68. The van der Waals surface area contributed by atoms with Gasteiger partial charge in [-0.05, 0) is 43.4 Å². The normalized spacial score (nSPS) is 15.8. The van der Waals surface area contributed by atoms with E-state index in [1.807, 2.05) is 50.2 Å². The molecule has 0 unspecified atom stereocenters. The highest BCUT2D eigenvalue weighted by Gasteiger charge is 2.35. The summed E-state index contributed by atoms with van der Waals surface area (Å²) in [5, 5.41) is 5.59. The van der Waals surface area contributed by atoms with Crippen molar-refractivity contribution < 1.29 is 14.3 Å².